The summed E-state index contributed by atoms with van der Waals surface area (Å²) in [6.07, 6.45) is 1.82. The second-order valence-electron chi connectivity index (χ2n) is 7.30. The number of aliphatic imine (C=N–C) groups is 1. The molecule has 10 heteroatoms. The Balaban J connectivity index is 1.77. The first-order valence-electron chi connectivity index (χ1n) is 8.92. The number of benzene rings is 1. The third-order valence-electron chi connectivity index (χ3n) is 5.20. The third kappa shape index (κ3) is 3.16. The summed E-state index contributed by atoms with van der Waals surface area (Å²) in [6.45, 7) is 1.84. The molecule has 2 atom stereocenters. The van der Waals surface area contributed by atoms with Gasteiger partial charge in [-0.25, -0.2) is 14.3 Å². The molecule has 8 nitrogen and oxygen atoms in total. The molecule has 4 rings (SSSR count). The highest BCUT2D eigenvalue weighted by atomic mass is 32.3. The molecule has 0 saturated heterocycles. The van der Waals surface area contributed by atoms with Crippen molar-refractivity contribution in [2.75, 3.05) is 12.8 Å². The normalized spacial score (nSPS) is 27.8. The minimum atomic E-state index is -3.25. The highest BCUT2D eigenvalue weighted by Crippen LogP contribution is 2.64. The second kappa shape index (κ2) is 6.73. The number of guanidine groups is 1. The van der Waals surface area contributed by atoms with Gasteiger partial charge < -0.3 is 5.73 Å². The van der Waals surface area contributed by atoms with E-state index in [1.165, 1.54) is 15.6 Å². The molecule has 1 aliphatic carbocycles. The molecule has 1 fully saturated rings. The molecule has 2 unspecified atom stereocenters. The number of aromatic nitrogens is 1. The standard InChI is InChI=1S/C18H23N5O3S2/c1-18(16-20-13(19)10-27-16)14(11-8-9-11)28(25,26)23(2)17(22-18)21-15(24)12-6-4-3-5-7-12/h3-7,10-11,14,25-26H,8-9,19H2,1-2H3,(H,21,22,24). The molecule has 1 aliphatic heterocycles. The average Bonchev–Trinajstić information content (AvgIpc) is 3.38. The maximum absolute atomic E-state index is 12.6. The Labute approximate surface area is 169 Å². The van der Waals surface area contributed by atoms with Crippen LogP contribution in [0.25, 0.3) is 0 Å². The number of hydrogen-bond acceptors (Lipinski definition) is 8. The van der Waals surface area contributed by atoms with Gasteiger partial charge >= 0.3 is 0 Å². The number of thiazole rings is 1. The summed E-state index contributed by atoms with van der Waals surface area (Å²) in [5.41, 5.74) is 5.29. The maximum Gasteiger partial charge on any atom is 0.257 e. The lowest BCUT2D eigenvalue weighted by molar-refractivity contribution is 0.0973. The molecular weight excluding hydrogens is 398 g/mol. The summed E-state index contributed by atoms with van der Waals surface area (Å²) in [5.74, 6) is 0.253. The lowest BCUT2D eigenvalue weighted by Crippen LogP contribution is -2.56. The molecule has 0 bridgehead atoms. The van der Waals surface area contributed by atoms with Gasteiger partial charge in [-0.15, -0.1) is 22.1 Å². The zero-order chi connectivity index (χ0) is 20.1. The Morgan fingerprint density at radius 1 is 1.36 bits per heavy atom. The fourth-order valence-corrected chi connectivity index (χ4v) is 6.81. The summed E-state index contributed by atoms with van der Waals surface area (Å²) in [5, 5.41) is 4.54. The van der Waals surface area contributed by atoms with Gasteiger partial charge in [-0.1, -0.05) is 18.2 Å². The Morgan fingerprint density at radius 2 is 2.04 bits per heavy atom. The topological polar surface area (TPSA) is 124 Å². The van der Waals surface area contributed by atoms with Gasteiger partial charge in [0, 0.05) is 18.0 Å². The van der Waals surface area contributed by atoms with Crippen LogP contribution in [0.4, 0.5) is 5.82 Å². The summed E-state index contributed by atoms with van der Waals surface area (Å²) in [6, 6.07) is 8.72. The summed E-state index contributed by atoms with van der Waals surface area (Å²) in [4.78, 5) is 21.8. The fraction of sp³-hybridized carbons (Fsp3) is 0.389. The van der Waals surface area contributed by atoms with Crippen LogP contribution in [0.15, 0.2) is 40.7 Å². The van der Waals surface area contributed by atoms with Gasteiger partial charge in [0.05, 0.1) is 0 Å². The van der Waals surface area contributed by atoms with Crippen molar-refractivity contribution in [3.63, 3.8) is 0 Å². The third-order valence-corrected chi connectivity index (χ3v) is 8.79. The predicted octanol–water partition coefficient (Wildman–Crippen LogP) is 3.12. The number of carbonyl (C=O) groups excluding carboxylic acids is 1. The van der Waals surface area contributed by atoms with E-state index in [1.807, 2.05) is 13.0 Å². The smallest absolute Gasteiger partial charge is 0.257 e. The number of nitrogens with one attached hydrogen (secondary N) is 1. The van der Waals surface area contributed by atoms with E-state index in [9.17, 15) is 13.9 Å². The monoisotopic (exact) mass is 421 g/mol. The average molecular weight is 422 g/mol. The van der Waals surface area contributed by atoms with Gasteiger partial charge in [-0.05, 0) is 37.8 Å². The summed E-state index contributed by atoms with van der Waals surface area (Å²) < 4.78 is 23.6. The van der Waals surface area contributed by atoms with Gasteiger partial charge in [0.2, 0.25) is 5.96 Å². The van der Waals surface area contributed by atoms with Crippen LogP contribution in [0.1, 0.15) is 35.1 Å². The number of nitrogens with two attached hydrogens (primary N) is 1. The number of nitrogen functional groups attached to an aromatic ring is 1. The first-order chi connectivity index (χ1) is 13.2. The molecule has 1 aromatic heterocycles. The van der Waals surface area contributed by atoms with Crippen molar-refractivity contribution in [2.45, 2.75) is 30.6 Å². The number of carbonyl (C=O) groups is 1. The second-order valence-corrected chi connectivity index (χ2v) is 10.3. The number of hydrogen-bond donors (Lipinski definition) is 4. The summed E-state index contributed by atoms with van der Waals surface area (Å²) >= 11 is 1.34. The van der Waals surface area contributed by atoms with Crippen molar-refractivity contribution < 1.29 is 13.9 Å². The number of nitrogens with zero attached hydrogens (tertiary/aromatic N) is 3. The molecule has 2 heterocycles. The molecule has 2 aliphatic rings. The van der Waals surface area contributed by atoms with Crippen LogP contribution < -0.4 is 11.1 Å². The van der Waals surface area contributed by atoms with E-state index in [2.05, 4.69) is 10.3 Å². The Hall–Kier alpha value is -2.14. The Kier molecular flexibility index (Phi) is 4.61. The van der Waals surface area contributed by atoms with Crippen LogP contribution in [0.5, 0.6) is 0 Å². The summed E-state index contributed by atoms with van der Waals surface area (Å²) in [7, 11) is -1.70. The molecule has 0 spiro atoms. The van der Waals surface area contributed by atoms with Crippen LogP contribution in [-0.2, 0) is 5.54 Å². The van der Waals surface area contributed by atoms with E-state index in [4.69, 9.17) is 10.7 Å². The van der Waals surface area contributed by atoms with Gasteiger partial charge in [0.15, 0.2) is 0 Å². The Morgan fingerprint density at radius 3 is 2.61 bits per heavy atom. The molecule has 1 saturated carbocycles. The number of rotatable bonds is 3. The van der Waals surface area contributed by atoms with E-state index < -0.39 is 21.6 Å². The van der Waals surface area contributed by atoms with E-state index >= 15 is 0 Å². The van der Waals surface area contributed by atoms with Crippen molar-refractivity contribution in [3.8, 4) is 0 Å². The van der Waals surface area contributed by atoms with Crippen molar-refractivity contribution in [3.05, 3.63) is 46.3 Å². The van der Waals surface area contributed by atoms with Crippen LogP contribution >= 0.6 is 22.1 Å². The van der Waals surface area contributed by atoms with Crippen LogP contribution in [-0.4, -0.2) is 42.6 Å². The van der Waals surface area contributed by atoms with E-state index in [0.717, 1.165) is 12.8 Å². The minimum Gasteiger partial charge on any atom is -0.383 e. The van der Waals surface area contributed by atoms with Gasteiger partial charge in [0.25, 0.3) is 5.91 Å². The molecule has 150 valence electrons. The number of amides is 1. The predicted molar refractivity (Wildman–Crippen MR) is 112 cm³/mol. The largest absolute Gasteiger partial charge is 0.383 e. The van der Waals surface area contributed by atoms with Crippen molar-refractivity contribution in [1.82, 2.24) is 14.6 Å². The SMILES string of the molecule is CN1C(NC(=O)c2ccccc2)=NC(C)(c2nc(N)cs2)C(C2CC2)S1(O)O. The van der Waals surface area contributed by atoms with E-state index in [0.29, 0.717) is 16.4 Å². The molecule has 1 aromatic carbocycles. The van der Waals surface area contributed by atoms with Crippen LogP contribution in [0.2, 0.25) is 0 Å². The van der Waals surface area contributed by atoms with Crippen molar-refractivity contribution in [1.29, 1.82) is 0 Å². The fourth-order valence-electron chi connectivity index (χ4n) is 3.63. The molecule has 5 N–H and O–H groups in total. The van der Waals surface area contributed by atoms with Crippen molar-refractivity contribution >= 4 is 39.8 Å². The van der Waals surface area contributed by atoms with E-state index in [1.54, 1.807) is 36.7 Å². The number of anilines is 1. The lowest BCUT2D eigenvalue weighted by atomic mass is 9.95. The Bertz CT molecular complexity index is 928. The molecule has 2 aromatic rings. The zero-order valence-corrected chi connectivity index (χ0v) is 17.2. The van der Waals surface area contributed by atoms with Gasteiger partial charge in [0.1, 0.15) is 21.6 Å². The quantitative estimate of drug-likeness (QED) is 0.604. The molecule has 1 amide bonds. The first-order valence-corrected chi connectivity index (χ1v) is 11.4. The maximum atomic E-state index is 12.6. The molecular formula is C18H23N5O3S2. The van der Waals surface area contributed by atoms with Crippen LogP contribution in [0.3, 0.4) is 0 Å². The molecule has 0 radical (unpaired) electrons. The van der Waals surface area contributed by atoms with Gasteiger partial charge in [-0.3, -0.25) is 19.2 Å². The highest BCUT2D eigenvalue weighted by molar-refractivity contribution is 8.23. The molecule has 28 heavy (non-hydrogen) atoms. The van der Waals surface area contributed by atoms with Gasteiger partial charge in [-0.2, -0.15) is 0 Å². The van der Waals surface area contributed by atoms with Crippen LogP contribution in [0, 0.1) is 5.92 Å². The van der Waals surface area contributed by atoms with Crippen molar-refractivity contribution in [2.24, 2.45) is 10.9 Å². The zero-order valence-electron chi connectivity index (χ0n) is 15.6. The van der Waals surface area contributed by atoms with E-state index in [-0.39, 0.29) is 17.8 Å². The first kappa shape index (κ1) is 19.2. The highest BCUT2D eigenvalue weighted by Gasteiger charge is 2.58. The lowest BCUT2D eigenvalue weighted by Gasteiger charge is -2.55. The minimum absolute atomic E-state index is 0.113.